The largest absolute Gasteiger partial charge is 0.416 e. The second-order valence-electron chi connectivity index (χ2n) is 4.84. The fraction of sp³-hybridized carbons (Fsp3) is 0.462. The molecule has 104 valence electrons. The van der Waals surface area contributed by atoms with Crippen LogP contribution in [0.5, 0.6) is 0 Å². The number of carbonyl (C=O) groups excluding carboxylic acids is 1. The summed E-state index contributed by atoms with van der Waals surface area (Å²) < 4.78 is 37.0. The maximum Gasteiger partial charge on any atom is 0.416 e. The lowest BCUT2D eigenvalue weighted by Crippen LogP contribution is -2.47. The van der Waals surface area contributed by atoms with E-state index in [1.807, 2.05) is 0 Å². The van der Waals surface area contributed by atoms with Gasteiger partial charge in [0.25, 0.3) is 5.91 Å². The van der Waals surface area contributed by atoms with Gasteiger partial charge < -0.3 is 10.4 Å². The number of nitrogens with one attached hydrogen (secondary N) is 1. The minimum Gasteiger partial charge on any atom is -0.388 e. The van der Waals surface area contributed by atoms with E-state index in [1.165, 1.54) is 0 Å². The topological polar surface area (TPSA) is 49.3 Å². The van der Waals surface area contributed by atoms with Gasteiger partial charge in [0, 0.05) is 12.1 Å². The molecule has 0 unspecified atom stereocenters. The maximum atomic E-state index is 12.3. The molecule has 0 aromatic heterocycles. The van der Waals surface area contributed by atoms with Crippen LogP contribution >= 0.6 is 0 Å². The molecule has 1 aromatic carbocycles. The van der Waals surface area contributed by atoms with Crippen molar-refractivity contribution in [3.8, 4) is 0 Å². The van der Waals surface area contributed by atoms with E-state index in [0.717, 1.165) is 30.7 Å². The second kappa shape index (κ2) is 4.85. The molecule has 1 aliphatic carbocycles. The molecule has 1 amide bonds. The Morgan fingerprint density at radius 3 is 2.26 bits per heavy atom. The maximum absolute atomic E-state index is 12.3. The molecule has 1 aromatic rings. The van der Waals surface area contributed by atoms with E-state index in [0.29, 0.717) is 12.8 Å². The summed E-state index contributed by atoms with van der Waals surface area (Å²) in [5, 5.41) is 12.3. The van der Waals surface area contributed by atoms with Crippen molar-refractivity contribution < 1.29 is 23.1 Å². The van der Waals surface area contributed by atoms with Crippen LogP contribution in [0, 0.1) is 0 Å². The smallest absolute Gasteiger partial charge is 0.388 e. The molecule has 0 atom stereocenters. The molecule has 0 bridgehead atoms. The predicted octanol–water partition coefficient (Wildman–Crippen LogP) is 2.35. The first-order chi connectivity index (χ1) is 8.80. The van der Waals surface area contributed by atoms with Crippen LogP contribution in [0.2, 0.25) is 0 Å². The highest BCUT2D eigenvalue weighted by Crippen LogP contribution is 2.31. The van der Waals surface area contributed by atoms with Crippen LogP contribution in [-0.4, -0.2) is 23.2 Å². The summed E-state index contributed by atoms with van der Waals surface area (Å²) in [5.41, 5.74) is -1.49. The Kier molecular flexibility index (Phi) is 3.54. The van der Waals surface area contributed by atoms with Gasteiger partial charge in [-0.3, -0.25) is 4.79 Å². The first-order valence-corrected chi connectivity index (χ1v) is 5.98. The molecule has 3 nitrogen and oxygen atoms in total. The summed E-state index contributed by atoms with van der Waals surface area (Å²) in [6, 6.07) is 3.99. The van der Waals surface area contributed by atoms with Gasteiger partial charge in [-0.05, 0) is 43.5 Å². The standard InChI is InChI=1S/C13H14F3NO2/c14-13(15,16)10-4-2-9(3-5-10)11(18)17-8-12(19)6-1-7-12/h2-5,19H,1,6-8H2,(H,17,18). The van der Waals surface area contributed by atoms with Crippen LogP contribution in [-0.2, 0) is 6.18 Å². The number of amides is 1. The normalized spacial score (nSPS) is 17.7. The Bertz CT molecular complexity index is 464. The monoisotopic (exact) mass is 273 g/mol. The van der Waals surface area contributed by atoms with Gasteiger partial charge in [0.1, 0.15) is 0 Å². The van der Waals surface area contributed by atoms with E-state index in [-0.39, 0.29) is 12.1 Å². The number of alkyl halides is 3. The fourth-order valence-corrected chi connectivity index (χ4v) is 1.92. The van der Waals surface area contributed by atoms with Crippen LogP contribution < -0.4 is 5.32 Å². The van der Waals surface area contributed by atoms with E-state index in [9.17, 15) is 23.1 Å². The number of carbonyl (C=O) groups is 1. The summed E-state index contributed by atoms with van der Waals surface area (Å²) in [7, 11) is 0. The quantitative estimate of drug-likeness (QED) is 0.888. The van der Waals surface area contributed by atoms with Gasteiger partial charge in [0.2, 0.25) is 0 Å². The van der Waals surface area contributed by atoms with Crippen molar-refractivity contribution >= 4 is 5.91 Å². The molecule has 2 rings (SSSR count). The molecule has 0 radical (unpaired) electrons. The van der Waals surface area contributed by atoms with Crippen molar-refractivity contribution in [3.05, 3.63) is 35.4 Å². The molecule has 1 saturated carbocycles. The highest BCUT2D eigenvalue weighted by Gasteiger charge is 2.34. The third-order valence-corrected chi connectivity index (χ3v) is 3.34. The first-order valence-electron chi connectivity index (χ1n) is 5.98. The molecule has 1 aliphatic rings. The summed E-state index contributed by atoms with van der Waals surface area (Å²) >= 11 is 0. The van der Waals surface area contributed by atoms with Crippen molar-refractivity contribution in [2.24, 2.45) is 0 Å². The minimum absolute atomic E-state index is 0.132. The van der Waals surface area contributed by atoms with Crippen LogP contribution in [0.3, 0.4) is 0 Å². The molecule has 1 fully saturated rings. The van der Waals surface area contributed by atoms with Crippen molar-refractivity contribution in [2.75, 3.05) is 6.54 Å². The van der Waals surface area contributed by atoms with E-state index in [4.69, 9.17) is 0 Å². The van der Waals surface area contributed by atoms with Gasteiger partial charge in [-0.25, -0.2) is 0 Å². The van der Waals surface area contributed by atoms with Gasteiger partial charge >= 0.3 is 6.18 Å². The Labute approximate surface area is 108 Å². The summed E-state index contributed by atoms with van der Waals surface area (Å²) in [6.45, 7) is 0.132. The van der Waals surface area contributed by atoms with Crippen molar-refractivity contribution in [3.63, 3.8) is 0 Å². The molecule has 2 N–H and O–H groups in total. The van der Waals surface area contributed by atoms with Crippen LogP contribution in [0.25, 0.3) is 0 Å². The van der Waals surface area contributed by atoms with Crippen LogP contribution in [0.15, 0.2) is 24.3 Å². The molecule has 0 aliphatic heterocycles. The van der Waals surface area contributed by atoms with Crippen molar-refractivity contribution in [1.29, 1.82) is 0 Å². The van der Waals surface area contributed by atoms with E-state index in [1.54, 1.807) is 0 Å². The van der Waals surface area contributed by atoms with E-state index < -0.39 is 23.2 Å². The molecule has 19 heavy (non-hydrogen) atoms. The first kappa shape index (κ1) is 13.9. The summed E-state index contributed by atoms with van der Waals surface area (Å²) in [4.78, 5) is 11.7. The molecule has 0 heterocycles. The van der Waals surface area contributed by atoms with Gasteiger partial charge in [-0.1, -0.05) is 0 Å². The van der Waals surface area contributed by atoms with E-state index in [2.05, 4.69) is 5.32 Å². The molecule has 0 saturated heterocycles. The predicted molar refractivity (Wildman–Crippen MR) is 62.6 cm³/mol. The van der Waals surface area contributed by atoms with Crippen molar-refractivity contribution in [1.82, 2.24) is 5.32 Å². The Balaban J connectivity index is 1.96. The SMILES string of the molecule is O=C(NCC1(O)CCC1)c1ccc(C(F)(F)F)cc1. The van der Waals surface area contributed by atoms with Gasteiger partial charge in [-0.2, -0.15) is 13.2 Å². The molecular formula is C13H14F3NO2. The molecule has 6 heteroatoms. The zero-order valence-electron chi connectivity index (χ0n) is 10.1. The van der Waals surface area contributed by atoms with Gasteiger partial charge in [0.05, 0.1) is 11.2 Å². The summed E-state index contributed by atoms with van der Waals surface area (Å²) in [5.74, 6) is -0.478. The molecular weight excluding hydrogens is 259 g/mol. The Morgan fingerprint density at radius 1 is 1.26 bits per heavy atom. The number of aliphatic hydroxyl groups is 1. The zero-order valence-corrected chi connectivity index (χ0v) is 10.1. The fourth-order valence-electron chi connectivity index (χ4n) is 1.92. The second-order valence-corrected chi connectivity index (χ2v) is 4.84. The molecule has 0 spiro atoms. The number of hydrogen-bond donors (Lipinski definition) is 2. The van der Waals surface area contributed by atoms with Gasteiger partial charge in [0.15, 0.2) is 0 Å². The lowest BCUT2D eigenvalue weighted by molar-refractivity contribution is -0.137. The van der Waals surface area contributed by atoms with E-state index >= 15 is 0 Å². The average molecular weight is 273 g/mol. The van der Waals surface area contributed by atoms with Crippen LogP contribution in [0.1, 0.15) is 35.2 Å². The number of rotatable bonds is 3. The number of benzene rings is 1. The third kappa shape index (κ3) is 3.26. The third-order valence-electron chi connectivity index (χ3n) is 3.34. The highest BCUT2D eigenvalue weighted by molar-refractivity contribution is 5.94. The lowest BCUT2D eigenvalue weighted by atomic mass is 9.80. The highest BCUT2D eigenvalue weighted by atomic mass is 19.4. The Hall–Kier alpha value is -1.56. The number of hydrogen-bond acceptors (Lipinski definition) is 2. The Morgan fingerprint density at radius 2 is 1.84 bits per heavy atom. The zero-order chi connectivity index (χ0) is 14.1. The summed E-state index contributed by atoms with van der Waals surface area (Å²) in [6.07, 6.45) is -2.21. The van der Waals surface area contributed by atoms with Crippen LogP contribution in [0.4, 0.5) is 13.2 Å². The number of halogens is 3. The average Bonchev–Trinajstić information content (AvgIpc) is 2.33. The lowest BCUT2D eigenvalue weighted by Gasteiger charge is -2.36. The van der Waals surface area contributed by atoms with Crippen molar-refractivity contribution in [2.45, 2.75) is 31.0 Å². The van der Waals surface area contributed by atoms with Gasteiger partial charge in [-0.15, -0.1) is 0 Å². The minimum atomic E-state index is -4.41.